The number of halogens is 3. The van der Waals surface area contributed by atoms with Gasteiger partial charge in [0.05, 0.1) is 22.2 Å². The van der Waals surface area contributed by atoms with Crippen LogP contribution in [0.25, 0.3) is 16.6 Å². The van der Waals surface area contributed by atoms with Gasteiger partial charge in [-0.05, 0) is 37.3 Å². The lowest BCUT2D eigenvalue weighted by Gasteiger charge is -2.23. The Hall–Kier alpha value is -2.48. The van der Waals surface area contributed by atoms with Gasteiger partial charge in [-0.2, -0.15) is 13.2 Å². The summed E-state index contributed by atoms with van der Waals surface area (Å²) in [6, 6.07) is 8.36. The third kappa shape index (κ3) is 2.24. The van der Waals surface area contributed by atoms with E-state index in [2.05, 4.69) is 0 Å². The zero-order chi connectivity index (χ0) is 17.9. The molecule has 0 unspecified atom stereocenters. The molecule has 0 N–H and O–H groups in total. The number of alkyl halides is 3. The van der Waals surface area contributed by atoms with Gasteiger partial charge in [-0.15, -0.1) is 0 Å². The Morgan fingerprint density at radius 2 is 1.84 bits per heavy atom. The monoisotopic (exact) mass is 364 g/mol. The van der Waals surface area contributed by atoms with E-state index in [4.69, 9.17) is 0 Å². The van der Waals surface area contributed by atoms with Crippen LogP contribution in [0.15, 0.2) is 55.8 Å². The molecule has 4 nitrogen and oxygen atoms in total. The molecular weight excluding hydrogens is 353 g/mol. The number of benzene rings is 2. The van der Waals surface area contributed by atoms with E-state index < -0.39 is 23.0 Å². The molecule has 1 aromatic heterocycles. The van der Waals surface area contributed by atoms with E-state index in [9.17, 15) is 22.8 Å². The van der Waals surface area contributed by atoms with Crippen LogP contribution in [0.1, 0.15) is 12.5 Å². The van der Waals surface area contributed by atoms with Crippen LogP contribution in [0.2, 0.25) is 0 Å². The average Bonchev–Trinajstić information content (AvgIpc) is 2.57. The second-order valence-corrected chi connectivity index (χ2v) is 6.69. The minimum Gasteiger partial charge on any atom is -0.268 e. The van der Waals surface area contributed by atoms with Crippen LogP contribution in [0, 0.1) is 0 Å². The van der Waals surface area contributed by atoms with Crippen LogP contribution in [0.4, 0.5) is 13.2 Å². The fourth-order valence-corrected chi connectivity index (χ4v) is 4.10. The first-order valence-corrected chi connectivity index (χ1v) is 8.32. The smallest absolute Gasteiger partial charge is 0.268 e. The fraction of sp³-hybridized carbons (Fsp3) is 0.176. The highest BCUT2D eigenvalue weighted by atomic mass is 32.2. The van der Waals surface area contributed by atoms with Crippen LogP contribution >= 0.6 is 11.8 Å². The number of fused-ring (bicyclic) bond motifs is 2. The summed E-state index contributed by atoms with van der Waals surface area (Å²) >= 11 is 1.25. The van der Waals surface area contributed by atoms with Gasteiger partial charge in [0.2, 0.25) is 0 Å². The lowest BCUT2D eigenvalue weighted by atomic mass is 10.1. The van der Waals surface area contributed by atoms with Gasteiger partial charge in [0.25, 0.3) is 5.56 Å². The predicted molar refractivity (Wildman–Crippen MR) is 88.6 cm³/mol. The molecule has 8 heteroatoms. The molecule has 0 amide bonds. The molecule has 0 saturated heterocycles. The molecule has 2 aromatic carbocycles. The van der Waals surface area contributed by atoms with Crippen LogP contribution in [0.5, 0.6) is 0 Å². The molecule has 1 aliphatic rings. The van der Waals surface area contributed by atoms with Gasteiger partial charge >= 0.3 is 11.9 Å². The highest BCUT2D eigenvalue weighted by molar-refractivity contribution is 7.99. The molecule has 0 radical (unpaired) electrons. The largest absolute Gasteiger partial charge is 0.416 e. The summed E-state index contributed by atoms with van der Waals surface area (Å²) in [5, 5.41) is 0.314. The fourth-order valence-electron chi connectivity index (χ4n) is 3.03. The zero-order valence-electron chi connectivity index (χ0n) is 12.9. The molecule has 3 aromatic rings. The van der Waals surface area contributed by atoms with E-state index in [1.54, 1.807) is 25.1 Å². The minimum absolute atomic E-state index is 0.138. The molecule has 0 atom stereocenters. The molecule has 2 heterocycles. The van der Waals surface area contributed by atoms with Crippen molar-refractivity contribution in [3.05, 3.63) is 62.8 Å². The zero-order valence-corrected chi connectivity index (χ0v) is 13.7. The summed E-state index contributed by atoms with van der Waals surface area (Å²) in [7, 11) is 0. The average molecular weight is 364 g/mol. The maximum atomic E-state index is 13.1. The van der Waals surface area contributed by atoms with Crippen molar-refractivity contribution in [2.45, 2.75) is 29.4 Å². The van der Waals surface area contributed by atoms with Crippen molar-refractivity contribution >= 4 is 22.7 Å². The van der Waals surface area contributed by atoms with E-state index in [1.165, 1.54) is 22.4 Å². The summed E-state index contributed by atoms with van der Waals surface area (Å²) in [4.78, 5) is 26.5. The van der Waals surface area contributed by atoms with Gasteiger partial charge < -0.3 is 0 Å². The van der Waals surface area contributed by atoms with Crippen LogP contribution in [0.3, 0.4) is 0 Å². The molecule has 25 heavy (non-hydrogen) atoms. The Kier molecular flexibility index (Phi) is 3.37. The number of hydrogen-bond donors (Lipinski definition) is 0. The van der Waals surface area contributed by atoms with E-state index in [1.807, 2.05) is 0 Å². The highest BCUT2D eigenvalue weighted by Crippen LogP contribution is 2.42. The van der Waals surface area contributed by atoms with Crippen molar-refractivity contribution in [2.75, 3.05) is 0 Å². The summed E-state index contributed by atoms with van der Waals surface area (Å²) < 4.78 is 41.6. The number of nitrogens with zero attached hydrogens (tertiary/aromatic N) is 2. The van der Waals surface area contributed by atoms with Crippen molar-refractivity contribution in [2.24, 2.45) is 0 Å². The van der Waals surface area contributed by atoms with E-state index in [0.717, 1.165) is 16.7 Å². The summed E-state index contributed by atoms with van der Waals surface area (Å²) in [5.74, 6) is 0. The molecule has 0 bridgehead atoms. The lowest BCUT2D eigenvalue weighted by molar-refractivity contribution is -0.137. The van der Waals surface area contributed by atoms with Gasteiger partial charge in [-0.3, -0.25) is 13.9 Å². The second kappa shape index (κ2) is 5.26. The van der Waals surface area contributed by atoms with E-state index in [0.29, 0.717) is 20.7 Å². The molecule has 4 rings (SSSR count). The first kappa shape index (κ1) is 16.0. The van der Waals surface area contributed by atoms with Crippen LogP contribution in [-0.2, 0) is 12.7 Å². The SMILES string of the molecule is CCn1c(=O)c2cccc3c2n(c1=O)-c1cc(C(F)(F)F)ccc1S3. The Morgan fingerprint density at radius 3 is 2.52 bits per heavy atom. The third-order valence-electron chi connectivity index (χ3n) is 4.18. The first-order valence-electron chi connectivity index (χ1n) is 7.51. The van der Waals surface area contributed by atoms with E-state index in [-0.39, 0.29) is 12.2 Å². The van der Waals surface area contributed by atoms with Crippen molar-refractivity contribution in [3.63, 3.8) is 0 Å². The molecule has 0 spiro atoms. The van der Waals surface area contributed by atoms with Gasteiger partial charge in [0, 0.05) is 16.3 Å². The van der Waals surface area contributed by atoms with Crippen molar-refractivity contribution in [1.29, 1.82) is 0 Å². The summed E-state index contributed by atoms with van der Waals surface area (Å²) in [5.41, 5.74) is -1.39. The number of para-hydroxylation sites is 1. The number of hydrogen-bond acceptors (Lipinski definition) is 3. The molecule has 1 aliphatic heterocycles. The lowest BCUT2D eigenvalue weighted by Crippen LogP contribution is -2.39. The molecule has 0 aliphatic carbocycles. The summed E-state index contributed by atoms with van der Waals surface area (Å²) in [6.45, 7) is 1.79. The van der Waals surface area contributed by atoms with Gasteiger partial charge in [0.15, 0.2) is 0 Å². The van der Waals surface area contributed by atoms with Crippen molar-refractivity contribution in [3.8, 4) is 5.69 Å². The first-order chi connectivity index (χ1) is 11.8. The maximum Gasteiger partial charge on any atom is 0.416 e. The molecular formula is C17H11F3N2O2S. The Labute approximate surface area is 143 Å². The second-order valence-electron chi connectivity index (χ2n) is 5.60. The predicted octanol–water partition coefficient (Wildman–Crippen LogP) is 3.66. The van der Waals surface area contributed by atoms with Crippen molar-refractivity contribution < 1.29 is 13.2 Å². The van der Waals surface area contributed by atoms with Crippen LogP contribution in [-0.4, -0.2) is 9.13 Å². The Balaban J connectivity index is 2.20. The third-order valence-corrected chi connectivity index (χ3v) is 5.30. The van der Waals surface area contributed by atoms with E-state index >= 15 is 0 Å². The number of aromatic nitrogens is 2. The minimum atomic E-state index is -4.52. The van der Waals surface area contributed by atoms with Crippen molar-refractivity contribution in [1.82, 2.24) is 9.13 Å². The summed E-state index contributed by atoms with van der Waals surface area (Å²) in [6.07, 6.45) is -4.52. The molecule has 0 saturated carbocycles. The molecule has 0 fully saturated rings. The number of rotatable bonds is 1. The highest BCUT2D eigenvalue weighted by Gasteiger charge is 2.33. The van der Waals surface area contributed by atoms with Gasteiger partial charge in [-0.25, -0.2) is 4.79 Å². The Morgan fingerprint density at radius 1 is 1.08 bits per heavy atom. The molecule has 128 valence electrons. The van der Waals surface area contributed by atoms with Gasteiger partial charge in [-0.1, -0.05) is 17.8 Å². The normalized spacial score (nSPS) is 13.1. The standard InChI is InChI=1S/C17H11F3N2O2S/c1-2-21-15(23)10-4-3-5-13-14(10)22(16(21)24)11-8-9(17(18,19)20)6-7-12(11)25-13/h3-8H,2H2,1H3. The van der Waals surface area contributed by atoms with Gasteiger partial charge in [0.1, 0.15) is 0 Å². The topological polar surface area (TPSA) is 44.0 Å². The Bertz CT molecular complexity index is 1150. The van der Waals surface area contributed by atoms with Crippen LogP contribution < -0.4 is 11.2 Å². The quantitative estimate of drug-likeness (QED) is 0.518. The maximum absolute atomic E-state index is 13.1.